The Morgan fingerprint density at radius 3 is 1.08 bits per heavy atom. The van der Waals surface area contributed by atoms with Crippen molar-refractivity contribution < 1.29 is 96.7 Å². The average molecular weight is 1670 g/mol. The minimum Gasteiger partial charge on any atom is -0.508 e. The van der Waals surface area contributed by atoms with Crippen LogP contribution in [-0.4, -0.2) is 248 Å². The lowest BCUT2D eigenvalue weighted by atomic mass is 9.99. The molecule has 0 aliphatic carbocycles. The Hall–Kier alpha value is -10.5. The summed E-state index contributed by atoms with van der Waals surface area (Å²) in [5.74, 6) is -6.39. The lowest BCUT2D eigenvalue weighted by molar-refractivity contribution is -0.148. The molecule has 11 amide bonds. The van der Waals surface area contributed by atoms with Crippen molar-refractivity contribution in [1.29, 1.82) is 0 Å². The molecule has 0 spiro atoms. The lowest BCUT2D eigenvalue weighted by Crippen LogP contribution is -2.58. The van der Waals surface area contributed by atoms with Crippen molar-refractivity contribution in [2.45, 2.75) is 227 Å². The van der Waals surface area contributed by atoms with Crippen LogP contribution < -0.4 is 70.0 Å². The SMILES string of the molecule is COC(=O)CN1CC[C@@H](CN)N[C@@H](Cc2ccc(O)cc2)C(=O)N[C@@H](CC(C)C)C(=O)N[C@@H](CC(C)C)C1=O.COC(=O)CN1CC[C@H](CN)N[C@@H](Cc2ccc(O)cc2)C(=O)N[C@@H](CC(C)C)C(=O)N[C@@H](CC(C)C)C1=O.COC(=O)CNC(=O)[C@H](CC(C)C)NC(=O)[C@H](CC(C)C)NC(=O)[C@H](Cc1ccc(O)cc1)NC(=O)CNC(C)=O. The molecule has 2 aliphatic rings. The van der Waals surface area contributed by atoms with E-state index in [2.05, 4.69) is 63.2 Å². The van der Waals surface area contributed by atoms with Crippen molar-refractivity contribution in [3.8, 4) is 17.2 Å². The van der Waals surface area contributed by atoms with Gasteiger partial charge in [-0.15, -0.1) is 0 Å². The minimum atomic E-state index is -1.11. The van der Waals surface area contributed by atoms with Crippen LogP contribution in [0.2, 0.25) is 0 Å². The Morgan fingerprint density at radius 1 is 0.420 bits per heavy atom. The molecule has 0 radical (unpaired) electrons. The summed E-state index contributed by atoms with van der Waals surface area (Å²) >= 11 is 0. The zero-order chi connectivity index (χ0) is 89.3. The number of methoxy groups -OCH3 is 3. The molecule has 0 bridgehead atoms. The van der Waals surface area contributed by atoms with Crippen LogP contribution >= 0.6 is 0 Å². The highest BCUT2D eigenvalue weighted by molar-refractivity contribution is 5.97. The second kappa shape index (κ2) is 53.1. The van der Waals surface area contributed by atoms with Gasteiger partial charge in [0, 0.05) is 51.6 Å². The molecule has 11 atom stereocenters. The van der Waals surface area contributed by atoms with E-state index < -0.39 is 114 Å². The zero-order valence-electron chi connectivity index (χ0n) is 72.0. The molecule has 5 rings (SSSR count). The second-order valence-corrected chi connectivity index (χ2v) is 32.6. The number of benzene rings is 3. The number of nitrogens with zero attached hydrogens (tertiary/aromatic N) is 2. The third kappa shape index (κ3) is 39.7. The van der Waals surface area contributed by atoms with Gasteiger partial charge in [0.15, 0.2) is 0 Å². The molecule has 3 aromatic rings. The normalized spacial score (nSPS) is 19.9. The van der Waals surface area contributed by atoms with Gasteiger partial charge in [-0.25, -0.2) is 0 Å². The first kappa shape index (κ1) is 103. The molecule has 0 saturated carbocycles. The molecule has 3 aromatic carbocycles. The number of ether oxygens (including phenoxy) is 3. The molecule has 119 heavy (non-hydrogen) atoms. The number of esters is 3. The smallest absolute Gasteiger partial charge is 0.325 e. The van der Waals surface area contributed by atoms with Crippen LogP contribution in [0.25, 0.3) is 0 Å². The van der Waals surface area contributed by atoms with Crippen LogP contribution in [-0.2, 0) is 101 Å². The number of nitrogens with two attached hydrogens (primary N) is 2. The van der Waals surface area contributed by atoms with Crippen LogP contribution in [0.4, 0.5) is 0 Å². The van der Waals surface area contributed by atoms with Crippen molar-refractivity contribution in [2.75, 3.05) is 73.7 Å². The van der Waals surface area contributed by atoms with Gasteiger partial charge >= 0.3 is 17.9 Å². The summed E-state index contributed by atoms with van der Waals surface area (Å²) in [6.07, 6.45) is 3.37. The number of carbonyl (C=O) groups is 14. The molecule has 18 N–H and O–H groups in total. The standard InChI is InChI=1S/C28H43N5O8.2C28H45N5O6/c1-16(2)11-21(26(38)30-15-25(37)41-6)32-27(39)22(12-17(3)4)33-28(40)23(31-24(36)14-29-18(5)34)13-19-7-9-20(35)10-8-19;2*1-17(2)12-22-26(36)32-24(13-18(3)4)28(38)33(16-25(35)39-5)11-10-20(15-29)30-23(27(37)31-22)14-19-6-8-21(34)9-7-19/h7-10,16-17,21-23,35H,11-15H2,1-6H3,(H,29,34)(H,30,38)(H,31,36)(H,32,39)(H,33,40);2*6-9,17-18,20,22-24,30,34H,10-16,29H2,1-5H3,(H,31,37)(H,32,36)/t21-,22-,23-;20-,22+,23+,24+;20-,22-,23-,24-/m010/s1. The monoisotopic (exact) mass is 1670 g/mol. The highest BCUT2D eigenvalue weighted by atomic mass is 16.5. The maximum Gasteiger partial charge on any atom is 0.325 e. The van der Waals surface area contributed by atoms with Crippen LogP contribution in [0.1, 0.15) is 158 Å². The summed E-state index contributed by atoms with van der Waals surface area (Å²) in [7, 11) is 3.71. The number of carbonyl (C=O) groups excluding carboxylic acids is 14. The fourth-order valence-corrected chi connectivity index (χ4v) is 13.0. The molecule has 0 aromatic heterocycles. The highest BCUT2D eigenvalue weighted by Crippen LogP contribution is 2.21. The Bertz CT molecular complexity index is 3600. The Kier molecular flexibility index (Phi) is 45.8. The molecule has 2 heterocycles. The Morgan fingerprint density at radius 2 is 0.748 bits per heavy atom. The van der Waals surface area contributed by atoms with E-state index in [1.807, 2.05) is 83.1 Å². The third-order valence-corrected chi connectivity index (χ3v) is 19.2. The molecular weight excluding hydrogens is 1540 g/mol. The number of phenolic OH excluding ortho intramolecular Hbond substituents is 3. The summed E-state index contributed by atoms with van der Waals surface area (Å²) < 4.78 is 14.2. The van der Waals surface area contributed by atoms with Crippen molar-refractivity contribution in [2.24, 2.45) is 47.0 Å². The van der Waals surface area contributed by atoms with Gasteiger partial charge in [-0.3, -0.25) is 67.1 Å². The number of phenols is 3. The van der Waals surface area contributed by atoms with Crippen LogP contribution in [0.15, 0.2) is 72.8 Å². The molecule has 2 fully saturated rings. The Labute approximate surface area is 699 Å². The first-order chi connectivity index (χ1) is 56.1. The largest absolute Gasteiger partial charge is 0.508 e. The van der Waals surface area contributed by atoms with Gasteiger partial charge in [-0.2, -0.15) is 0 Å². The van der Waals surface area contributed by atoms with Crippen molar-refractivity contribution in [3.63, 3.8) is 0 Å². The first-order valence-corrected chi connectivity index (χ1v) is 40.7. The topological polar surface area (TPSA) is 518 Å². The van der Waals surface area contributed by atoms with E-state index in [0.717, 1.165) is 11.1 Å². The minimum absolute atomic E-state index is 0.0207. The fraction of sp³-hybridized carbons (Fsp3) is 0.619. The number of aromatic hydroxyl groups is 3. The van der Waals surface area contributed by atoms with Crippen molar-refractivity contribution in [1.82, 2.24) is 68.3 Å². The number of hydrogen-bond donors (Lipinski definition) is 16. The van der Waals surface area contributed by atoms with E-state index in [1.54, 1.807) is 60.7 Å². The van der Waals surface area contributed by atoms with Gasteiger partial charge in [-0.1, -0.05) is 119 Å². The van der Waals surface area contributed by atoms with Gasteiger partial charge in [0.25, 0.3) is 0 Å². The molecule has 0 unspecified atom stereocenters. The first-order valence-electron chi connectivity index (χ1n) is 40.7. The predicted octanol–water partition coefficient (Wildman–Crippen LogP) is 1.28. The predicted molar refractivity (Wildman–Crippen MR) is 445 cm³/mol. The van der Waals surface area contributed by atoms with Crippen LogP contribution in [0.5, 0.6) is 17.2 Å². The van der Waals surface area contributed by atoms with E-state index in [1.165, 1.54) is 50.2 Å². The molecule has 664 valence electrons. The van der Waals surface area contributed by atoms with Gasteiger partial charge < -0.3 is 109 Å². The lowest BCUT2D eigenvalue weighted by Gasteiger charge is -2.30. The van der Waals surface area contributed by atoms with Crippen molar-refractivity contribution >= 4 is 82.9 Å². The van der Waals surface area contributed by atoms with E-state index in [0.29, 0.717) is 56.9 Å². The van der Waals surface area contributed by atoms with Crippen LogP contribution in [0.3, 0.4) is 0 Å². The van der Waals surface area contributed by atoms with E-state index >= 15 is 0 Å². The number of nitrogens with one attached hydrogen (secondary N) is 11. The molecular formula is C84H133N15O20. The number of amides is 11. The van der Waals surface area contributed by atoms with Gasteiger partial charge in [0.1, 0.15) is 79.2 Å². The fourth-order valence-electron chi connectivity index (χ4n) is 13.0. The summed E-state index contributed by atoms with van der Waals surface area (Å²) in [5, 5.41) is 59.8. The van der Waals surface area contributed by atoms with Gasteiger partial charge in [0.2, 0.25) is 65.0 Å². The zero-order valence-corrected chi connectivity index (χ0v) is 72.0. The molecule has 35 heteroatoms. The Balaban J connectivity index is 0.000000462. The summed E-state index contributed by atoms with van der Waals surface area (Å²) in [4.78, 5) is 183. The summed E-state index contributed by atoms with van der Waals surface area (Å²) in [6.45, 7) is 23.8. The van der Waals surface area contributed by atoms with E-state index in [-0.39, 0.29) is 160 Å². The van der Waals surface area contributed by atoms with Crippen molar-refractivity contribution in [3.05, 3.63) is 89.5 Å². The summed E-state index contributed by atoms with van der Waals surface area (Å²) in [6, 6.07) is 10.4. The molecule has 2 aliphatic heterocycles. The van der Waals surface area contributed by atoms with E-state index in [9.17, 15) is 82.4 Å². The maximum absolute atomic E-state index is 13.6. The van der Waals surface area contributed by atoms with Crippen LogP contribution in [0, 0.1) is 35.5 Å². The second-order valence-electron chi connectivity index (χ2n) is 32.6. The number of rotatable bonds is 34. The quantitative estimate of drug-likeness (QED) is 0.0296. The number of hydrogen-bond acceptors (Lipinski definition) is 24. The molecule has 35 nitrogen and oxygen atoms in total. The third-order valence-electron chi connectivity index (χ3n) is 19.2. The maximum atomic E-state index is 13.6. The summed E-state index contributed by atoms with van der Waals surface area (Å²) in [5.41, 5.74) is 14.4. The van der Waals surface area contributed by atoms with Gasteiger partial charge in [-0.05, 0) is 153 Å². The van der Waals surface area contributed by atoms with Gasteiger partial charge in [0.05, 0.1) is 40.0 Å². The highest BCUT2D eigenvalue weighted by Gasteiger charge is 2.38. The molecule has 2 saturated heterocycles. The van der Waals surface area contributed by atoms with E-state index in [4.69, 9.17) is 20.9 Å². The average Bonchev–Trinajstić information content (AvgIpc) is 1.78.